The van der Waals surface area contributed by atoms with E-state index in [4.69, 9.17) is 42.0 Å². The molecule has 3 aromatic rings. The Morgan fingerprint density at radius 2 is 1.24 bits per heavy atom. The summed E-state index contributed by atoms with van der Waals surface area (Å²) in [4.78, 5) is 62.1. The zero-order valence-electron chi connectivity index (χ0n) is 45.1. The van der Waals surface area contributed by atoms with Crippen molar-refractivity contribution < 1.29 is 65.7 Å². The van der Waals surface area contributed by atoms with Crippen molar-refractivity contribution in [2.75, 3.05) is 39.5 Å². The van der Waals surface area contributed by atoms with Gasteiger partial charge in [0.1, 0.15) is 56.3 Å². The summed E-state index contributed by atoms with van der Waals surface area (Å²) >= 11 is 0. The van der Waals surface area contributed by atoms with Gasteiger partial charge in [-0.2, -0.15) is 0 Å². The molecule has 0 N–H and O–H groups in total. The summed E-state index contributed by atoms with van der Waals surface area (Å²) in [5, 5.41) is 4.00. The lowest BCUT2D eigenvalue weighted by molar-refractivity contribution is -0.263. The van der Waals surface area contributed by atoms with Crippen molar-refractivity contribution in [3.05, 3.63) is 106 Å². The third-order valence-electron chi connectivity index (χ3n) is 13.1. The highest BCUT2D eigenvalue weighted by atomic mass is 31.2. The fraction of sp³-hybridized carbons (Fsp3) is 0.600. The van der Waals surface area contributed by atoms with Crippen molar-refractivity contribution in [3.8, 4) is 11.1 Å². The number of hydrogen-bond acceptors (Lipinski definition) is 15. The smallest absolute Gasteiger partial charge is 0.461 e. The summed E-state index contributed by atoms with van der Waals surface area (Å²) in [7, 11) is -4.52. The van der Waals surface area contributed by atoms with Crippen molar-refractivity contribution in [2.24, 2.45) is 5.11 Å². The van der Waals surface area contributed by atoms with E-state index in [1.54, 1.807) is 45.0 Å². The van der Waals surface area contributed by atoms with E-state index >= 15 is 0 Å². The molecule has 0 saturated carbocycles. The monoisotopic (exact) mass is 1060 g/mol. The number of ether oxygens (including phenoxy) is 6. The summed E-state index contributed by atoms with van der Waals surface area (Å²) in [5.74, 6) is -2.02. The van der Waals surface area contributed by atoms with Crippen molar-refractivity contribution in [1.82, 2.24) is 9.80 Å². The molecule has 75 heavy (non-hydrogen) atoms. The minimum Gasteiger partial charge on any atom is -0.461 e. The maximum Gasteiger partial charge on any atom is 0.477 e. The lowest BCUT2D eigenvalue weighted by Gasteiger charge is -2.44. The van der Waals surface area contributed by atoms with Crippen LogP contribution in [0.4, 0.5) is 9.59 Å². The molecule has 2 amide bonds. The van der Waals surface area contributed by atoms with Crippen LogP contribution in [0.3, 0.4) is 0 Å². The molecule has 1 heterocycles. The second-order valence-corrected chi connectivity index (χ2v) is 21.2. The number of phosphoric acid groups is 1. The van der Waals surface area contributed by atoms with Crippen LogP contribution in [0, 0.1) is 0 Å². The van der Waals surface area contributed by atoms with Gasteiger partial charge in [0.15, 0.2) is 6.29 Å². The van der Waals surface area contributed by atoms with E-state index in [0.29, 0.717) is 56.9 Å². The summed E-state index contributed by atoms with van der Waals surface area (Å²) in [6.07, 6.45) is -3.28. The molecule has 2 aliphatic rings. The Bertz CT molecular complexity index is 2330. The Labute approximate surface area is 442 Å². The molecular formula is C55H78N5O14P. The molecular weight excluding hydrogens is 986 g/mol. The average Bonchev–Trinajstić information content (AvgIpc) is 3.71. The Balaban J connectivity index is 1.51. The number of esters is 2. The van der Waals surface area contributed by atoms with Gasteiger partial charge in [0, 0.05) is 22.9 Å². The summed E-state index contributed by atoms with van der Waals surface area (Å²) < 4.78 is 69.1. The van der Waals surface area contributed by atoms with E-state index in [1.165, 1.54) is 9.80 Å². The van der Waals surface area contributed by atoms with Crippen molar-refractivity contribution >= 4 is 31.9 Å². The largest absolute Gasteiger partial charge is 0.477 e. The number of phosphoric ester groups is 1. The Morgan fingerprint density at radius 1 is 0.707 bits per heavy atom. The van der Waals surface area contributed by atoms with E-state index in [0.717, 1.165) is 22.3 Å². The molecule has 0 aromatic heterocycles. The molecule has 20 heteroatoms. The van der Waals surface area contributed by atoms with Gasteiger partial charge in [-0.25, -0.2) is 14.2 Å². The third kappa shape index (κ3) is 17.2. The van der Waals surface area contributed by atoms with Crippen LogP contribution in [0.15, 0.2) is 84.0 Å². The molecule has 1 saturated heterocycles. The van der Waals surface area contributed by atoms with Crippen LogP contribution in [-0.2, 0) is 62.8 Å². The van der Waals surface area contributed by atoms with Gasteiger partial charge in [0.2, 0.25) is 0 Å². The van der Waals surface area contributed by atoms with Crippen LogP contribution in [-0.4, -0.2) is 122 Å². The zero-order chi connectivity index (χ0) is 54.5. The van der Waals surface area contributed by atoms with Gasteiger partial charge in [-0.15, -0.1) is 0 Å². The van der Waals surface area contributed by atoms with E-state index in [9.17, 15) is 29.3 Å². The molecule has 5 rings (SSSR count). The number of benzene rings is 3. The molecule has 0 unspecified atom stereocenters. The Morgan fingerprint density at radius 3 is 1.77 bits per heavy atom. The number of rotatable bonds is 29. The SMILES string of the molecule is CCCCOP(=O)(OCCCC)O[C@H]1O[C@H](COC(=O)CN(C(=O)OC(C)(C)C)C(CC)CC)[C@H](OCc2ccccc2)[C@H](OC(=O)CN(C(=O)OCC2c3ccccc3-c3ccccc32)C(CC)CC)[C@H]1N=[N+]=[N-]. The van der Waals surface area contributed by atoms with Crippen molar-refractivity contribution in [3.63, 3.8) is 0 Å². The van der Waals surface area contributed by atoms with Crippen LogP contribution in [0.25, 0.3) is 21.6 Å². The number of carbonyl (C=O) groups excluding carboxylic acids is 4. The van der Waals surface area contributed by atoms with Gasteiger partial charge in [-0.05, 0) is 92.6 Å². The zero-order valence-corrected chi connectivity index (χ0v) is 46.0. The topological polar surface area (TPSA) is 224 Å². The van der Waals surface area contributed by atoms with Crippen LogP contribution in [0.5, 0.6) is 0 Å². The van der Waals surface area contributed by atoms with Crippen LogP contribution in [0.1, 0.15) is 136 Å². The second-order valence-electron chi connectivity index (χ2n) is 19.5. The molecule has 19 nitrogen and oxygen atoms in total. The first kappa shape index (κ1) is 60.3. The number of hydrogen-bond donors (Lipinski definition) is 0. The molecule has 0 radical (unpaired) electrons. The molecule has 1 aliphatic heterocycles. The lowest BCUT2D eigenvalue weighted by Crippen LogP contribution is -2.61. The highest BCUT2D eigenvalue weighted by molar-refractivity contribution is 7.48. The molecule has 0 spiro atoms. The van der Waals surface area contributed by atoms with Crippen molar-refractivity contribution in [2.45, 2.75) is 175 Å². The normalized spacial score (nSPS) is 18.4. The predicted octanol–water partition coefficient (Wildman–Crippen LogP) is 12.1. The fourth-order valence-corrected chi connectivity index (χ4v) is 10.4. The standard InChI is InChI=1S/C55H78N5O14P/c1-10-16-31-69-75(65,70-32-17-11-2)74-52-49(57-58-56)51(72-48(62)34-59(39(12-3)13-4)53(63)68-36-45-43-29-23-21-27-41(43)42-28-22-24-30-44(42)45)50(67-35-38-25-19-18-20-26-38)46(71-52)37-66-47(61)33-60(40(14-5)15-6)54(64)73-55(7,8)9/h18-30,39-40,45-46,49-52H,10-17,31-37H2,1-9H3/t46-,49-,50+,51-,52-/m1/s1. The average molecular weight is 1060 g/mol. The second kappa shape index (κ2) is 29.7. The fourth-order valence-electron chi connectivity index (χ4n) is 9.09. The lowest BCUT2D eigenvalue weighted by atomic mass is 9.97. The minimum atomic E-state index is -4.52. The highest BCUT2D eigenvalue weighted by Crippen LogP contribution is 2.53. The first-order valence-electron chi connectivity index (χ1n) is 26.4. The predicted molar refractivity (Wildman–Crippen MR) is 281 cm³/mol. The van der Waals surface area contributed by atoms with E-state index < -0.39 is 93.9 Å². The first-order valence-corrected chi connectivity index (χ1v) is 27.9. The van der Waals surface area contributed by atoms with Gasteiger partial charge in [-0.3, -0.25) is 33.0 Å². The molecule has 5 atom stereocenters. The number of nitrogens with zero attached hydrogens (tertiary/aromatic N) is 5. The van der Waals surface area contributed by atoms with Gasteiger partial charge < -0.3 is 28.4 Å². The molecule has 1 aliphatic carbocycles. The maximum atomic E-state index is 14.7. The highest BCUT2D eigenvalue weighted by Gasteiger charge is 2.52. The minimum absolute atomic E-state index is 0.0000863. The van der Waals surface area contributed by atoms with E-state index in [-0.39, 0.29) is 38.4 Å². The van der Waals surface area contributed by atoms with Gasteiger partial charge in [-0.1, -0.05) is 138 Å². The van der Waals surface area contributed by atoms with Crippen LogP contribution in [0.2, 0.25) is 0 Å². The summed E-state index contributed by atoms with van der Waals surface area (Å²) in [5.41, 5.74) is 14.1. The van der Waals surface area contributed by atoms with E-state index in [1.807, 2.05) is 96.1 Å². The van der Waals surface area contributed by atoms with E-state index in [2.05, 4.69) is 10.0 Å². The Hall–Kier alpha value is -5.52. The van der Waals surface area contributed by atoms with Crippen LogP contribution < -0.4 is 0 Å². The Kier molecular flexibility index (Phi) is 23.9. The number of carbonyl (C=O) groups is 4. The molecule has 412 valence electrons. The quantitative estimate of drug-likeness (QED) is 0.0120. The van der Waals surface area contributed by atoms with Gasteiger partial charge in [0.25, 0.3) is 0 Å². The van der Waals surface area contributed by atoms with Gasteiger partial charge in [0.05, 0.1) is 19.8 Å². The number of amides is 2. The number of azide groups is 1. The summed E-state index contributed by atoms with van der Waals surface area (Å²) in [6.45, 7) is 14.8. The molecule has 3 aromatic carbocycles. The van der Waals surface area contributed by atoms with Crippen molar-refractivity contribution in [1.29, 1.82) is 0 Å². The third-order valence-corrected chi connectivity index (χ3v) is 14.5. The molecule has 0 bridgehead atoms. The molecule has 1 fully saturated rings. The van der Waals surface area contributed by atoms with Crippen LogP contribution >= 0.6 is 7.82 Å². The van der Waals surface area contributed by atoms with Gasteiger partial charge >= 0.3 is 31.9 Å². The number of fused-ring (bicyclic) bond motifs is 3. The number of unbranched alkanes of at least 4 members (excludes halogenated alkanes) is 2. The summed E-state index contributed by atoms with van der Waals surface area (Å²) in [6, 6.07) is 22.5. The first-order chi connectivity index (χ1) is 36.0. The maximum absolute atomic E-state index is 14.7.